The van der Waals surface area contributed by atoms with Gasteiger partial charge in [-0.25, -0.2) is 0 Å². The van der Waals surface area contributed by atoms with Gasteiger partial charge in [-0.1, -0.05) is 35.3 Å². The number of amides is 1. The maximum absolute atomic E-state index is 11.1. The number of nitrogens with one attached hydrogen (secondary N) is 1. The molecule has 0 aromatic heterocycles. The Kier molecular flexibility index (Phi) is 6.83. The Morgan fingerprint density at radius 1 is 1.14 bits per heavy atom. The Morgan fingerprint density at radius 3 is 2.43 bits per heavy atom. The predicted octanol–water partition coefficient (Wildman–Crippen LogP) is 4.36. The van der Waals surface area contributed by atoms with Gasteiger partial charge in [-0.2, -0.15) is 0 Å². The molecular formula is C21H24Cl2N2O3. The first-order chi connectivity index (χ1) is 13.3. The van der Waals surface area contributed by atoms with Crippen LogP contribution in [0.2, 0.25) is 10.0 Å². The SMILES string of the molecule is CC(=O)Nc1ccc(CN2CCC(O)(COc3ccc(Cl)c(Cl)c3)CC2)cc1. The summed E-state index contributed by atoms with van der Waals surface area (Å²) in [5, 5.41) is 14.5. The Bertz CT molecular complexity index is 819. The van der Waals surface area contributed by atoms with E-state index in [1.165, 1.54) is 12.5 Å². The molecule has 1 aliphatic rings. The molecule has 150 valence electrons. The van der Waals surface area contributed by atoms with E-state index in [9.17, 15) is 9.90 Å². The zero-order valence-electron chi connectivity index (χ0n) is 15.8. The van der Waals surface area contributed by atoms with Crippen molar-refractivity contribution in [2.45, 2.75) is 31.9 Å². The maximum Gasteiger partial charge on any atom is 0.221 e. The molecule has 0 spiro atoms. The van der Waals surface area contributed by atoms with Crippen LogP contribution < -0.4 is 10.1 Å². The Labute approximate surface area is 175 Å². The summed E-state index contributed by atoms with van der Waals surface area (Å²) < 4.78 is 5.74. The number of aliphatic hydroxyl groups is 1. The molecule has 2 aromatic rings. The molecule has 1 aliphatic heterocycles. The van der Waals surface area contributed by atoms with Crippen molar-refractivity contribution in [2.24, 2.45) is 0 Å². The number of nitrogens with zero attached hydrogens (tertiary/aromatic N) is 1. The molecule has 1 amide bonds. The summed E-state index contributed by atoms with van der Waals surface area (Å²) in [6.45, 7) is 4.10. The van der Waals surface area contributed by atoms with Gasteiger partial charge >= 0.3 is 0 Å². The van der Waals surface area contributed by atoms with Crippen LogP contribution in [0.5, 0.6) is 5.75 Å². The van der Waals surface area contributed by atoms with E-state index in [0.717, 1.165) is 25.3 Å². The lowest BCUT2D eigenvalue weighted by molar-refractivity contribution is -0.114. The lowest BCUT2D eigenvalue weighted by Crippen LogP contribution is -2.47. The van der Waals surface area contributed by atoms with Gasteiger partial charge < -0.3 is 15.2 Å². The van der Waals surface area contributed by atoms with E-state index in [0.29, 0.717) is 28.6 Å². The van der Waals surface area contributed by atoms with Gasteiger partial charge in [-0.15, -0.1) is 0 Å². The fourth-order valence-corrected chi connectivity index (χ4v) is 3.50. The second-order valence-corrected chi connectivity index (χ2v) is 8.06. The molecule has 0 radical (unpaired) electrons. The van der Waals surface area contributed by atoms with Crippen molar-refractivity contribution < 1.29 is 14.6 Å². The highest BCUT2D eigenvalue weighted by Crippen LogP contribution is 2.29. The third kappa shape index (κ3) is 5.85. The summed E-state index contributed by atoms with van der Waals surface area (Å²) in [6, 6.07) is 12.9. The molecule has 1 fully saturated rings. The summed E-state index contributed by atoms with van der Waals surface area (Å²) in [5.74, 6) is 0.524. The van der Waals surface area contributed by atoms with Crippen LogP contribution in [0.3, 0.4) is 0 Å². The van der Waals surface area contributed by atoms with Crippen LogP contribution in [0.25, 0.3) is 0 Å². The van der Waals surface area contributed by atoms with E-state index in [1.54, 1.807) is 18.2 Å². The van der Waals surface area contributed by atoms with Crippen LogP contribution in [-0.4, -0.2) is 41.2 Å². The minimum Gasteiger partial charge on any atom is -0.491 e. The quantitative estimate of drug-likeness (QED) is 0.725. The van der Waals surface area contributed by atoms with Crippen molar-refractivity contribution in [3.63, 3.8) is 0 Å². The molecule has 2 N–H and O–H groups in total. The lowest BCUT2D eigenvalue weighted by Gasteiger charge is -2.38. The molecule has 5 nitrogen and oxygen atoms in total. The van der Waals surface area contributed by atoms with Crippen molar-refractivity contribution in [3.05, 3.63) is 58.1 Å². The van der Waals surface area contributed by atoms with Gasteiger partial charge in [-0.05, 0) is 42.7 Å². The first kappa shape index (κ1) is 20.9. The monoisotopic (exact) mass is 422 g/mol. The largest absolute Gasteiger partial charge is 0.491 e. The van der Waals surface area contributed by atoms with Gasteiger partial charge in [0.15, 0.2) is 0 Å². The van der Waals surface area contributed by atoms with Crippen molar-refractivity contribution in [3.8, 4) is 5.75 Å². The van der Waals surface area contributed by atoms with E-state index in [2.05, 4.69) is 10.2 Å². The molecule has 0 atom stereocenters. The van der Waals surface area contributed by atoms with Gasteiger partial charge in [0.05, 0.1) is 10.0 Å². The fraction of sp³-hybridized carbons (Fsp3) is 0.381. The molecule has 7 heteroatoms. The van der Waals surface area contributed by atoms with Gasteiger partial charge in [0.2, 0.25) is 5.91 Å². The van der Waals surface area contributed by atoms with Gasteiger partial charge in [0.25, 0.3) is 0 Å². The number of anilines is 1. The molecule has 0 bridgehead atoms. The van der Waals surface area contributed by atoms with E-state index >= 15 is 0 Å². The number of likely N-dealkylation sites (tertiary alicyclic amines) is 1. The molecule has 0 unspecified atom stereocenters. The van der Waals surface area contributed by atoms with Crippen molar-refractivity contribution in [1.29, 1.82) is 0 Å². The number of carbonyl (C=O) groups is 1. The summed E-state index contributed by atoms with van der Waals surface area (Å²) in [5.41, 5.74) is 1.12. The smallest absolute Gasteiger partial charge is 0.221 e. The standard InChI is InChI=1S/C21H24Cl2N2O3/c1-15(26)24-17-4-2-16(3-5-17)13-25-10-8-21(27,9-11-25)14-28-18-6-7-19(22)20(23)12-18/h2-7,12,27H,8-11,13-14H2,1H3,(H,24,26). The van der Waals surface area contributed by atoms with Crippen LogP contribution in [-0.2, 0) is 11.3 Å². The van der Waals surface area contributed by atoms with Crippen LogP contribution in [0.4, 0.5) is 5.69 Å². The van der Waals surface area contributed by atoms with Crippen molar-refractivity contribution >= 4 is 34.8 Å². The fourth-order valence-electron chi connectivity index (χ4n) is 3.21. The van der Waals surface area contributed by atoms with Gasteiger partial charge in [0, 0.05) is 38.3 Å². The number of ether oxygens (including phenoxy) is 1. The highest BCUT2D eigenvalue weighted by molar-refractivity contribution is 6.42. The molecule has 1 saturated heterocycles. The minimum absolute atomic E-state index is 0.0776. The molecule has 3 rings (SSSR count). The first-order valence-electron chi connectivity index (χ1n) is 9.22. The van der Waals surface area contributed by atoms with Crippen LogP contribution in [0.1, 0.15) is 25.3 Å². The Morgan fingerprint density at radius 2 is 1.82 bits per heavy atom. The Hall–Kier alpha value is -1.79. The second-order valence-electron chi connectivity index (χ2n) is 7.24. The zero-order chi connectivity index (χ0) is 20.1. The summed E-state index contributed by atoms with van der Waals surface area (Å²) in [4.78, 5) is 13.4. The summed E-state index contributed by atoms with van der Waals surface area (Å²) in [7, 11) is 0. The molecule has 1 heterocycles. The Balaban J connectivity index is 1.47. The number of piperidine rings is 1. The average Bonchev–Trinajstić information content (AvgIpc) is 2.66. The van der Waals surface area contributed by atoms with E-state index in [4.69, 9.17) is 27.9 Å². The van der Waals surface area contributed by atoms with Gasteiger partial charge in [0.1, 0.15) is 18.0 Å². The molecule has 28 heavy (non-hydrogen) atoms. The van der Waals surface area contributed by atoms with Crippen molar-refractivity contribution in [2.75, 3.05) is 25.0 Å². The lowest BCUT2D eigenvalue weighted by atomic mass is 9.92. The number of rotatable bonds is 6. The van der Waals surface area contributed by atoms with E-state index in [-0.39, 0.29) is 12.5 Å². The normalized spacial score (nSPS) is 16.6. The highest BCUT2D eigenvalue weighted by atomic mass is 35.5. The highest BCUT2D eigenvalue weighted by Gasteiger charge is 2.33. The first-order valence-corrected chi connectivity index (χ1v) is 9.98. The zero-order valence-corrected chi connectivity index (χ0v) is 17.3. The number of carbonyl (C=O) groups excluding carboxylic acids is 1. The topological polar surface area (TPSA) is 61.8 Å². The molecular weight excluding hydrogens is 399 g/mol. The third-order valence-electron chi connectivity index (χ3n) is 4.87. The maximum atomic E-state index is 11.1. The van der Waals surface area contributed by atoms with E-state index < -0.39 is 5.60 Å². The summed E-state index contributed by atoms with van der Waals surface area (Å²) in [6.07, 6.45) is 1.27. The molecule has 0 saturated carbocycles. The third-order valence-corrected chi connectivity index (χ3v) is 5.60. The number of halogens is 2. The van der Waals surface area contributed by atoms with Gasteiger partial charge in [-0.3, -0.25) is 9.69 Å². The minimum atomic E-state index is -0.849. The molecule has 2 aromatic carbocycles. The number of hydrogen-bond donors (Lipinski definition) is 2. The van der Waals surface area contributed by atoms with Crippen LogP contribution in [0, 0.1) is 0 Å². The number of benzene rings is 2. The second kappa shape index (κ2) is 9.14. The van der Waals surface area contributed by atoms with E-state index in [1.807, 2.05) is 24.3 Å². The van der Waals surface area contributed by atoms with Crippen LogP contribution in [0.15, 0.2) is 42.5 Å². The van der Waals surface area contributed by atoms with Crippen LogP contribution >= 0.6 is 23.2 Å². The summed E-state index contributed by atoms with van der Waals surface area (Å²) >= 11 is 11.9. The predicted molar refractivity (Wildman–Crippen MR) is 112 cm³/mol. The van der Waals surface area contributed by atoms with Crippen molar-refractivity contribution in [1.82, 2.24) is 4.90 Å². The number of hydrogen-bond acceptors (Lipinski definition) is 4. The average molecular weight is 423 g/mol. The molecule has 0 aliphatic carbocycles.